The van der Waals surface area contributed by atoms with Gasteiger partial charge in [-0.3, -0.25) is 39.9 Å². The zero-order valence-electron chi connectivity index (χ0n) is 81.9. The van der Waals surface area contributed by atoms with Gasteiger partial charge in [-0.05, 0) is 259 Å². The SMILES string of the molecule is CC1O[Si]2(CCCOCC(O)COCC(COCCOCC(COCCOc3ccc(-c4cc(-c5ccccn5)nc(-c5ccccn5)c4)cc3)OCCOc3ccc(-c4cc(-c5ccccn5)nc(-c5ccccn5)c4)cc3)OCCOCC(COCCOc3ccc(-c4cc(-c5ccccn5)nc(-c5ccccn5)c4)cc3)OCCOc3ccc(-c4cc(-c5ccccn5)nc(-c5ccccn5)c4)cc3)OC(C)C1O2. The number of rotatable bonds is 57. The topological polar surface area (TPSA) is 332 Å². The molecule has 30 nitrogen and oxygen atoms in total. The Labute approximate surface area is 855 Å². The zero-order chi connectivity index (χ0) is 100. The van der Waals surface area contributed by atoms with Crippen molar-refractivity contribution >= 4 is 8.80 Å². The van der Waals surface area contributed by atoms with E-state index in [1.165, 1.54) is 0 Å². The summed E-state index contributed by atoms with van der Waals surface area (Å²) in [7, 11) is -2.74. The zero-order valence-corrected chi connectivity index (χ0v) is 82.9. The highest BCUT2D eigenvalue weighted by Gasteiger charge is 2.61. The Balaban J connectivity index is 0.499. The molecule has 0 amide bonds. The van der Waals surface area contributed by atoms with Crippen LogP contribution < -0.4 is 18.9 Å². The monoisotopic (exact) mass is 1990 g/mol. The van der Waals surface area contributed by atoms with E-state index in [2.05, 4.69) is 39.9 Å². The molecule has 0 saturated carbocycles. The van der Waals surface area contributed by atoms with Crippen molar-refractivity contribution in [3.8, 4) is 159 Å². The van der Waals surface area contributed by atoms with E-state index >= 15 is 0 Å². The molecule has 2 bridgehead atoms. The molecule has 2 aliphatic rings. The summed E-state index contributed by atoms with van der Waals surface area (Å²) >= 11 is 0. The summed E-state index contributed by atoms with van der Waals surface area (Å²) < 4.78 is 107. The standard InChI is InChI=1S/C116H116N12O18Si/c1-82-116-83(2)145-147(144-82,146-116)65-19-52-130-74-92(129)75-136-81-99(141-60-57-135-79-98(143-64-62-140-96-42-34-87(35-43-96)91-72-114(106-26-9-17-50-123-106)128-115(73-91)107-27-10-18-51-124-107)78-134-56-59-138-94-38-30-85(31-39-94)89-68-110(102-22-5-13-46-119-102)126-111(69-89)103-23-6-14-47-120-103)80-132-54-53-131-76-97(142-63-61-139-95-40-32-86(33-41-95)90-70-112(104-24-7-15-48-121-104)127-113(71-90)105-25-8-16-49-122-105)77-133-55-58-137-93-36-28-84(29-37-93)88-66-108(100-20-3-11-44-117-100)125-109(67-88)101-21-4-12-45-118-101/h3-18,20-51,66-73,82-83,92,97-99,116,129H,19,52-65,74-81H2,1-2H3. The van der Waals surface area contributed by atoms with E-state index in [-0.39, 0.29) is 150 Å². The second-order valence-corrected chi connectivity index (χ2v) is 37.4. The Bertz CT molecular complexity index is 6440. The lowest BCUT2D eigenvalue weighted by Crippen LogP contribution is -2.44. The Hall–Kier alpha value is -14.5. The number of pyridine rings is 12. The summed E-state index contributed by atoms with van der Waals surface area (Å²) in [4.78, 5) is 56.6. The van der Waals surface area contributed by atoms with Gasteiger partial charge >= 0.3 is 8.80 Å². The maximum absolute atomic E-state index is 11.1. The highest BCUT2D eigenvalue weighted by molar-refractivity contribution is 6.62. The van der Waals surface area contributed by atoms with Gasteiger partial charge in [-0.25, -0.2) is 19.9 Å². The van der Waals surface area contributed by atoms with Crippen molar-refractivity contribution in [1.29, 1.82) is 0 Å². The van der Waals surface area contributed by atoms with Crippen LogP contribution in [0, 0.1) is 0 Å². The molecule has 147 heavy (non-hydrogen) atoms. The first-order valence-electron chi connectivity index (χ1n) is 49.5. The second-order valence-electron chi connectivity index (χ2n) is 34.9. The lowest BCUT2D eigenvalue weighted by molar-refractivity contribution is -0.106. The molecule has 0 aliphatic carbocycles. The third kappa shape index (κ3) is 30.2. The van der Waals surface area contributed by atoms with Crippen LogP contribution in [0.15, 0.2) is 341 Å². The van der Waals surface area contributed by atoms with Crippen molar-refractivity contribution in [2.45, 2.75) is 69.0 Å². The second kappa shape index (κ2) is 53.6. The summed E-state index contributed by atoms with van der Waals surface area (Å²) in [5.41, 5.74) is 19.6. The number of hydrogen-bond acceptors (Lipinski definition) is 30. The van der Waals surface area contributed by atoms with Crippen molar-refractivity contribution < 1.29 is 84.7 Å². The van der Waals surface area contributed by atoms with Gasteiger partial charge in [0.25, 0.3) is 0 Å². The summed E-state index contributed by atoms with van der Waals surface area (Å²) in [6, 6.07) is 94.8. The maximum Gasteiger partial charge on any atom is 0.502 e. The molecule has 16 aromatic rings. The largest absolute Gasteiger partial charge is 0.502 e. The van der Waals surface area contributed by atoms with Gasteiger partial charge in [0.05, 0.1) is 215 Å². The first-order valence-corrected chi connectivity index (χ1v) is 51.4. The molecule has 31 heteroatoms. The summed E-state index contributed by atoms with van der Waals surface area (Å²) in [5.74, 6) is 2.67. The van der Waals surface area contributed by atoms with Crippen LogP contribution >= 0.6 is 0 Å². The van der Waals surface area contributed by atoms with Crippen LogP contribution in [0.1, 0.15) is 20.3 Å². The summed E-state index contributed by atoms with van der Waals surface area (Å²) in [6.07, 6.45) is 12.1. The minimum absolute atomic E-state index is 0.00460. The number of aliphatic hydroxyl groups is 1. The van der Waals surface area contributed by atoms with Crippen LogP contribution in [-0.4, -0.2) is 255 Å². The molecule has 6 unspecified atom stereocenters. The highest BCUT2D eigenvalue weighted by Crippen LogP contribution is 2.42. The van der Waals surface area contributed by atoms with E-state index in [0.29, 0.717) is 42.1 Å². The summed E-state index contributed by atoms with van der Waals surface area (Å²) in [6.45, 7) is 8.00. The van der Waals surface area contributed by atoms with Crippen LogP contribution in [0.3, 0.4) is 0 Å². The minimum Gasteiger partial charge on any atom is -0.491 e. The Morgan fingerprint density at radius 3 is 0.714 bits per heavy atom. The third-order valence-electron chi connectivity index (χ3n) is 24.0. The Morgan fingerprint density at radius 2 is 0.463 bits per heavy atom. The van der Waals surface area contributed by atoms with Crippen LogP contribution in [0.25, 0.3) is 136 Å². The molecular weight excluding hydrogens is 1880 g/mol. The first kappa shape index (κ1) is 103. The number of aromatic nitrogens is 12. The smallest absolute Gasteiger partial charge is 0.491 e. The number of aliphatic hydroxyl groups excluding tert-OH is 1. The van der Waals surface area contributed by atoms with Gasteiger partial charge < -0.3 is 84.7 Å². The van der Waals surface area contributed by atoms with Crippen LogP contribution in [0.5, 0.6) is 23.0 Å². The van der Waals surface area contributed by atoms with Gasteiger partial charge in [-0.1, -0.05) is 97.1 Å². The van der Waals surface area contributed by atoms with Crippen LogP contribution in [0.4, 0.5) is 0 Å². The molecule has 2 aliphatic heterocycles. The number of fused-ring (bicyclic) bond motifs is 2. The predicted molar refractivity (Wildman–Crippen MR) is 559 cm³/mol. The maximum atomic E-state index is 11.1. The van der Waals surface area contributed by atoms with E-state index < -0.39 is 33.2 Å². The number of ether oxygens (including phenoxy) is 14. The fourth-order valence-electron chi connectivity index (χ4n) is 16.7. The number of nitrogens with zero attached hydrogens (tertiary/aromatic N) is 12. The minimum atomic E-state index is -2.74. The first-order chi connectivity index (χ1) is 72.5. The molecule has 752 valence electrons. The van der Waals surface area contributed by atoms with Gasteiger partial charge in [-0.2, -0.15) is 0 Å². The molecule has 1 N–H and O–H groups in total. The average molecular weight is 1990 g/mol. The number of benzene rings is 4. The molecule has 0 spiro atoms. The van der Waals surface area contributed by atoms with Crippen LogP contribution in [0.2, 0.25) is 6.04 Å². The van der Waals surface area contributed by atoms with Gasteiger partial charge in [0.1, 0.15) is 73.8 Å². The average Bonchev–Trinajstić information content (AvgIpc) is 1.60. The van der Waals surface area contributed by atoms with Crippen molar-refractivity contribution in [3.05, 3.63) is 341 Å². The number of hydrogen-bond donors (Lipinski definition) is 1. The van der Waals surface area contributed by atoms with Gasteiger partial charge in [0, 0.05) is 62.2 Å². The fraction of sp³-hybridized carbons (Fsp3) is 0.276. The molecular formula is C116H116N12O18Si. The lowest BCUT2D eigenvalue weighted by Gasteiger charge is -2.26. The normalized spacial score (nSPS) is 15.6. The van der Waals surface area contributed by atoms with E-state index in [1.807, 2.05) is 305 Å². The molecule has 18 rings (SSSR count). The van der Waals surface area contributed by atoms with Crippen molar-refractivity contribution in [2.24, 2.45) is 0 Å². The Kier molecular flexibility index (Phi) is 37.4. The molecule has 2 fully saturated rings. The van der Waals surface area contributed by atoms with Gasteiger partial charge in [0.2, 0.25) is 0 Å². The lowest BCUT2D eigenvalue weighted by atomic mass is 10.0. The molecule has 4 aromatic carbocycles. The van der Waals surface area contributed by atoms with E-state index in [1.54, 1.807) is 49.6 Å². The van der Waals surface area contributed by atoms with E-state index in [4.69, 9.17) is 99.5 Å². The van der Waals surface area contributed by atoms with Crippen LogP contribution in [-0.2, 0) is 60.6 Å². The van der Waals surface area contributed by atoms with Crippen molar-refractivity contribution in [2.75, 3.05) is 139 Å². The predicted octanol–water partition coefficient (Wildman–Crippen LogP) is 19.2. The quantitative estimate of drug-likeness (QED) is 0.0273. The van der Waals surface area contributed by atoms with E-state index in [9.17, 15) is 5.11 Å². The van der Waals surface area contributed by atoms with Crippen molar-refractivity contribution in [3.63, 3.8) is 0 Å². The molecule has 6 atom stereocenters. The molecule has 0 radical (unpaired) electrons. The van der Waals surface area contributed by atoms with E-state index in [0.717, 1.165) is 136 Å². The molecule has 14 heterocycles. The fourth-order valence-corrected chi connectivity index (χ4v) is 20.0. The molecule has 2 saturated heterocycles. The Morgan fingerprint density at radius 1 is 0.238 bits per heavy atom. The van der Waals surface area contributed by atoms with Gasteiger partial charge in [0.15, 0.2) is 0 Å². The highest BCUT2D eigenvalue weighted by atomic mass is 28.4. The van der Waals surface area contributed by atoms with Gasteiger partial charge in [-0.15, -0.1) is 0 Å². The molecule has 12 aromatic heterocycles. The third-order valence-corrected chi connectivity index (χ3v) is 27.1. The van der Waals surface area contributed by atoms with Crippen molar-refractivity contribution in [1.82, 2.24) is 59.8 Å². The summed E-state index contributed by atoms with van der Waals surface area (Å²) in [5, 5.41) is 11.1.